The van der Waals surface area contributed by atoms with Crippen molar-refractivity contribution in [2.24, 2.45) is 11.5 Å². The molecular weight excluding hydrogens is 391 g/mol. The van der Waals surface area contributed by atoms with Crippen LogP contribution in [-0.2, 0) is 11.3 Å². The van der Waals surface area contributed by atoms with Gasteiger partial charge in [-0.3, -0.25) is 14.5 Å². The second kappa shape index (κ2) is 9.01. The summed E-state index contributed by atoms with van der Waals surface area (Å²) in [5, 5.41) is 11.1. The number of fused-ring (bicyclic) bond motifs is 1. The fraction of sp³-hybridized carbons (Fsp3) is 0.368. The first-order chi connectivity index (χ1) is 14.3. The number of anilines is 3. The highest BCUT2D eigenvalue weighted by Gasteiger charge is 2.21. The van der Waals surface area contributed by atoms with Crippen molar-refractivity contribution < 1.29 is 13.9 Å². The van der Waals surface area contributed by atoms with Gasteiger partial charge in [0.05, 0.1) is 48.0 Å². The number of primary amides is 1. The number of nitrogens with two attached hydrogens (primary N) is 2. The maximum Gasteiger partial charge on any atom is 0.252 e. The van der Waals surface area contributed by atoms with Crippen LogP contribution in [-0.4, -0.2) is 51.5 Å². The van der Waals surface area contributed by atoms with Crippen LogP contribution in [0.3, 0.4) is 0 Å². The molecule has 0 unspecified atom stereocenters. The van der Waals surface area contributed by atoms with Crippen molar-refractivity contribution in [3.8, 4) is 0 Å². The SMILES string of the molecule is CCn1ncc2c(Nc3nc(N[C@H](COC)[C@H](C)N)c(F)cc3C(N)=O)cncc21. The first kappa shape index (κ1) is 21.4. The van der Waals surface area contributed by atoms with Crippen molar-refractivity contribution in [2.75, 3.05) is 24.4 Å². The highest BCUT2D eigenvalue weighted by Crippen LogP contribution is 2.28. The van der Waals surface area contributed by atoms with Gasteiger partial charge in [-0.25, -0.2) is 9.37 Å². The first-order valence-corrected chi connectivity index (χ1v) is 9.43. The van der Waals surface area contributed by atoms with Crippen LogP contribution in [0.5, 0.6) is 0 Å². The number of amides is 1. The second-order valence-electron chi connectivity index (χ2n) is 6.85. The summed E-state index contributed by atoms with van der Waals surface area (Å²) in [7, 11) is 1.52. The van der Waals surface area contributed by atoms with E-state index in [0.717, 1.165) is 17.0 Å². The van der Waals surface area contributed by atoms with Crippen LogP contribution < -0.4 is 22.1 Å². The van der Waals surface area contributed by atoms with Crippen molar-refractivity contribution in [2.45, 2.75) is 32.5 Å². The van der Waals surface area contributed by atoms with Crippen LogP contribution >= 0.6 is 0 Å². The number of hydrogen-bond donors (Lipinski definition) is 4. The number of rotatable bonds is 9. The average Bonchev–Trinajstić information content (AvgIpc) is 3.13. The Morgan fingerprint density at radius 2 is 2.10 bits per heavy atom. The summed E-state index contributed by atoms with van der Waals surface area (Å²) < 4.78 is 21.5. The van der Waals surface area contributed by atoms with Gasteiger partial charge in [0.1, 0.15) is 5.82 Å². The summed E-state index contributed by atoms with van der Waals surface area (Å²) in [4.78, 5) is 20.4. The number of aryl methyl sites for hydroxylation is 1. The van der Waals surface area contributed by atoms with E-state index >= 15 is 0 Å². The normalized spacial score (nSPS) is 13.2. The van der Waals surface area contributed by atoms with Gasteiger partial charge in [0.2, 0.25) is 0 Å². The molecule has 0 bridgehead atoms. The van der Waals surface area contributed by atoms with Crippen molar-refractivity contribution in [1.29, 1.82) is 0 Å². The van der Waals surface area contributed by atoms with Crippen LogP contribution in [0.2, 0.25) is 0 Å². The number of carbonyl (C=O) groups excluding carboxylic acids is 1. The Hall–Kier alpha value is -3.31. The molecule has 3 aromatic rings. The molecule has 0 aliphatic carbocycles. The number of nitrogens with zero attached hydrogens (tertiary/aromatic N) is 4. The third-order valence-electron chi connectivity index (χ3n) is 4.67. The number of aromatic nitrogens is 4. The minimum atomic E-state index is -0.819. The Kier molecular flexibility index (Phi) is 6.43. The molecule has 0 radical (unpaired) electrons. The highest BCUT2D eigenvalue weighted by atomic mass is 19.1. The molecule has 0 saturated heterocycles. The molecule has 1 amide bonds. The van der Waals surface area contributed by atoms with Gasteiger partial charge in [0.25, 0.3) is 5.91 Å². The minimum Gasteiger partial charge on any atom is -0.382 e. The van der Waals surface area contributed by atoms with Crippen molar-refractivity contribution >= 4 is 34.1 Å². The lowest BCUT2D eigenvalue weighted by Gasteiger charge is -2.23. The Labute approximate surface area is 172 Å². The summed E-state index contributed by atoms with van der Waals surface area (Å²) in [5.41, 5.74) is 12.6. The molecule has 6 N–H and O–H groups in total. The van der Waals surface area contributed by atoms with Crippen LogP contribution in [0.15, 0.2) is 24.7 Å². The largest absolute Gasteiger partial charge is 0.382 e. The smallest absolute Gasteiger partial charge is 0.252 e. The number of pyridine rings is 2. The number of carbonyl (C=O) groups is 1. The molecule has 0 aliphatic rings. The topological polar surface area (TPSA) is 146 Å². The molecule has 0 spiro atoms. The van der Waals surface area contributed by atoms with Crippen molar-refractivity contribution in [1.82, 2.24) is 19.7 Å². The standard InChI is InChI=1S/C19H25FN8O2/c1-4-28-16-8-23-7-14(12(16)6-24-28)25-18-11(17(22)29)5-13(20)19(27-18)26-15(9-30-3)10(2)21/h5-8,10,15H,4,9,21H2,1-3H3,(H2,22,29)(H2,25,26,27)/t10-,15+/m0/s1. The van der Waals surface area contributed by atoms with E-state index in [1.54, 1.807) is 30.2 Å². The van der Waals surface area contributed by atoms with Crippen LogP contribution in [0.25, 0.3) is 10.9 Å². The van der Waals surface area contributed by atoms with Gasteiger partial charge in [0.15, 0.2) is 11.6 Å². The molecule has 30 heavy (non-hydrogen) atoms. The summed E-state index contributed by atoms with van der Waals surface area (Å²) in [6.07, 6.45) is 4.94. The molecule has 3 aromatic heterocycles. The molecule has 3 rings (SSSR count). The molecule has 0 fully saturated rings. The molecule has 160 valence electrons. The predicted octanol–water partition coefficient (Wildman–Crippen LogP) is 1.60. The molecule has 11 heteroatoms. The van der Waals surface area contributed by atoms with E-state index < -0.39 is 17.8 Å². The average molecular weight is 416 g/mol. The minimum absolute atomic E-state index is 0.0776. The second-order valence-corrected chi connectivity index (χ2v) is 6.85. The van der Waals surface area contributed by atoms with Crippen LogP contribution in [0.4, 0.5) is 21.7 Å². The monoisotopic (exact) mass is 416 g/mol. The van der Waals surface area contributed by atoms with Gasteiger partial charge in [-0.05, 0) is 19.9 Å². The van der Waals surface area contributed by atoms with Crippen molar-refractivity contribution in [3.63, 3.8) is 0 Å². The van der Waals surface area contributed by atoms with E-state index in [9.17, 15) is 9.18 Å². The van der Waals surface area contributed by atoms with Gasteiger partial charge in [-0.15, -0.1) is 0 Å². The summed E-state index contributed by atoms with van der Waals surface area (Å²) in [6.45, 7) is 4.65. The zero-order chi connectivity index (χ0) is 21.8. The van der Waals surface area contributed by atoms with E-state index in [-0.39, 0.29) is 29.8 Å². The van der Waals surface area contributed by atoms with Gasteiger partial charge >= 0.3 is 0 Å². The maximum atomic E-state index is 14.6. The quantitative estimate of drug-likeness (QED) is 0.411. The zero-order valence-electron chi connectivity index (χ0n) is 17.0. The molecule has 0 aromatic carbocycles. The van der Waals surface area contributed by atoms with Crippen LogP contribution in [0, 0.1) is 5.82 Å². The maximum absolute atomic E-state index is 14.6. The number of nitrogens with one attached hydrogen (secondary N) is 2. The van der Waals surface area contributed by atoms with Gasteiger partial charge < -0.3 is 26.8 Å². The van der Waals surface area contributed by atoms with E-state index in [0.29, 0.717) is 12.2 Å². The number of halogens is 1. The summed E-state index contributed by atoms with van der Waals surface area (Å²) in [6, 6.07) is 0.307. The Bertz CT molecular complexity index is 1050. The zero-order valence-corrected chi connectivity index (χ0v) is 17.0. The number of hydrogen-bond acceptors (Lipinski definition) is 8. The first-order valence-electron chi connectivity index (χ1n) is 9.43. The Morgan fingerprint density at radius 3 is 2.73 bits per heavy atom. The lowest BCUT2D eigenvalue weighted by atomic mass is 10.1. The molecule has 2 atom stereocenters. The third kappa shape index (κ3) is 4.31. The fourth-order valence-electron chi connectivity index (χ4n) is 3.02. The fourth-order valence-corrected chi connectivity index (χ4v) is 3.02. The van der Waals surface area contributed by atoms with Gasteiger partial charge in [0, 0.05) is 25.1 Å². The third-order valence-corrected chi connectivity index (χ3v) is 4.67. The molecular formula is C19H25FN8O2. The van der Waals surface area contributed by atoms with E-state index in [2.05, 4.69) is 25.7 Å². The molecule has 10 nitrogen and oxygen atoms in total. The Morgan fingerprint density at radius 1 is 1.33 bits per heavy atom. The predicted molar refractivity (Wildman–Crippen MR) is 112 cm³/mol. The van der Waals surface area contributed by atoms with E-state index in [4.69, 9.17) is 16.2 Å². The lowest BCUT2D eigenvalue weighted by Crippen LogP contribution is -2.41. The summed E-state index contributed by atoms with van der Waals surface area (Å²) in [5.74, 6) is -1.54. The van der Waals surface area contributed by atoms with Crippen LogP contribution in [0.1, 0.15) is 24.2 Å². The Balaban J connectivity index is 2.03. The number of ether oxygens (including phenoxy) is 1. The summed E-state index contributed by atoms with van der Waals surface area (Å²) >= 11 is 0. The molecule has 0 aliphatic heterocycles. The molecule has 3 heterocycles. The van der Waals surface area contributed by atoms with E-state index in [1.807, 2.05) is 6.92 Å². The van der Waals surface area contributed by atoms with E-state index in [1.165, 1.54) is 7.11 Å². The molecule has 0 saturated carbocycles. The highest BCUT2D eigenvalue weighted by molar-refractivity contribution is 6.00. The number of methoxy groups -OCH3 is 1. The van der Waals surface area contributed by atoms with Gasteiger partial charge in [-0.1, -0.05) is 0 Å². The lowest BCUT2D eigenvalue weighted by molar-refractivity contribution is 0.100. The van der Waals surface area contributed by atoms with Crippen molar-refractivity contribution in [3.05, 3.63) is 36.0 Å². The van der Waals surface area contributed by atoms with Gasteiger partial charge in [-0.2, -0.15) is 5.10 Å².